The average Bonchev–Trinajstić information content (AvgIpc) is 2.33. The number of halogens is 1. The molecule has 2 unspecified atom stereocenters. The molecule has 0 spiro atoms. The van der Waals surface area contributed by atoms with Crippen molar-refractivity contribution in [2.75, 3.05) is 0 Å². The molecule has 0 aliphatic heterocycles. The number of carbonyl (C=O) groups is 1. The first-order chi connectivity index (χ1) is 8.16. The van der Waals surface area contributed by atoms with E-state index in [1.165, 1.54) is 12.1 Å². The Morgan fingerprint density at radius 1 is 1.41 bits per heavy atom. The Kier molecular flexibility index (Phi) is 3.68. The fourth-order valence-electron chi connectivity index (χ4n) is 2.09. The number of nitrogens with two attached hydrogens (primary N) is 1. The molecule has 4 nitrogen and oxygen atoms in total. The van der Waals surface area contributed by atoms with Gasteiger partial charge in [-0.2, -0.15) is 0 Å². The van der Waals surface area contributed by atoms with Crippen LogP contribution in [-0.4, -0.2) is 23.0 Å². The SMILES string of the molecule is NC1CCCCC1NC(=O)c1ccc(F)cn1. The Balaban J connectivity index is 1.98. The molecule has 1 aliphatic rings. The van der Waals surface area contributed by atoms with Crippen LogP contribution in [0.25, 0.3) is 0 Å². The predicted octanol–water partition coefficient (Wildman–Crippen LogP) is 1.22. The summed E-state index contributed by atoms with van der Waals surface area (Å²) in [6.45, 7) is 0. The first-order valence-corrected chi connectivity index (χ1v) is 5.85. The fourth-order valence-corrected chi connectivity index (χ4v) is 2.09. The molecule has 1 amide bonds. The van der Waals surface area contributed by atoms with Crippen molar-refractivity contribution in [2.24, 2.45) is 5.73 Å². The van der Waals surface area contributed by atoms with E-state index >= 15 is 0 Å². The van der Waals surface area contributed by atoms with Crippen LogP contribution in [-0.2, 0) is 0 Å². The van der Waals surface area contributed by atoms with E-state index in [9.17, 15) is 9.18 Å². The van der Waals surface area contributed by atoms with Crippen LogP contribution in [0, 0.1) is 5.82 Å². The molecule has 0 bridgehead atoms. The second kappa shape index (κ2) is 5.23. The number of nitrogens with zero attached hydrogens (tertiary/aromatic N) is 1. The monoisotopic (exact) mass is 237 g/mol. The van der Waals surface area contributed by atoms with Crippen molar-refractivity contribution >= 4 is 5.91 Å². The third kappa shape index (κ3) is 3.00. The number of amides is 1. The summed E-state index contributed by atoms with van der Waals surface area (Å²) in [5, 5.41) is 2.86. The summed E-state index contributed by atoms with van der Waals surface area (Å²) in [6.07, 6.45) is 5.06. The third-order valence-corrected chi connectivity index (χ3v) is 3.10. The van der Waals surface area contributed by atoms with Gasteiger partial charge in [-0.3, -0.25) is 4.79 Å². The zero-order valence-corrected chi connectivity index (χ0v) is 9.53. The lowest BCUT2D eigenvalue weighted by Gasteiger charge is -2.29. The number of carbonyl (C=O) groups excluding carboxylic acids is 1. The van der Waals surface area contributed by atoms with Gasteiger partial charge < -0.3 is 11.1 Å². The van der Waals surface area contributed by atoms with Crippen LogP contribution < -0.4 is 11.1 Å². The minimum Gasteiger partial charge on any atom is -0.346 e. The molecule has 1 aliphatic carbocycles. The molecule has 92 valence electrons. The largest absolute Gasteiger partial charge is 0.346 e. The molecule has 2 atom stereocenters. The normalized spacial score (nSPS) is 24.4. The zero-order valence-electron chi connectivity index (χ0n) is 9.53. The van der Waals surface area contributed by atoms with Crippen molar-refractivity contribution < 1.29 is 9.18 Å². The summed E-state index contributed by atoms with van der Waals surface area (Å²) in [5.41, 5.74) is 6.16. The number of nitrogens with one attached hydrogen (secondary N) is 1. The van der Waals surface area contributed by atoms with E-state index in [4.69, 9.17) is 5.73 Å². The van der Waals surface area contributed by atoms with E-state index in [0.717, 1.165) is 31.9 Å². The van der Waals surface area contributed by atoms with Gasteiger partial charge in [-0.15, -0.1) is 0 Å². The lowest BCUT2D eigenvalue weighted by atomic mass is 9.91. The van der Waals surface area contributed by atoms with Crippen molar-refractivity contribution in [3.8, 4) is 0 Å². The maximum absolute atomic E-state index is 12.7. The van der Waals surface area contributed by atoms with Crippen LogP contribution >= 0.6 is 0 Å². The Morgan fingerprint density at radius 2 is 2.18 bits per heavy atom. The van der Waals surface area contributed by atoms with Gasteiger partial charge in [0.25, 0.3) is 5.91 Å². The number of hydrogen-bond acceptors (Lipinski definition) is 3. The number of rotatable bonds is 2. The Labute approximate surface area is 99.4 Å². The maximum atomic E-state index is 12.7. The van der Waals surface area contributed by atoms with E-state index in [0.29, 0.717) is 0 Å². The number of aromatic nitrogens is 1. The van der Waals surface area contributed by atoms with Crippen LogP contribution in [0.3, 0.4) is 0 Å². The molecule has 0 saturated heterocycles. The highest BCUT2D eigenvalue weighted by Gasteiger charge is 2.23. The predicted molar refractivity (Wildman–Crippen MR) is 61.9 cm³/mol. The lowest BCUT2D eigenvalue weighted by molar-refractivity contribution is 0.0916. The summed E-state index contributed by atoms with van der Waals surface area (Å²) < 4.78 is 12.7. The summed E-state index contributed by atoms with van der Waals surface area (Å²) >= 11 is 0. The van der Waals surface area contributed by atoms with Crippen LogP contribution in [0.1, 0.15) is 36.2 Å². The summed E-state index contributed by atoms with van der Waals surface area (Å²) in [6, 6.07) is 2.61. The minimum atomic E-state index is -0.448. The third-order valence-electron chi connectivity index (χ3n) is 3.10. The molecule has 1 aromatic rings. The van der Waals surface area contributed by atoms with Crippen LogP contribution in [0.2, 0.25) is 0 Å². The minimum absolute atomic E-state index is 0.00287. The second-order valence-electron chi connectivity index (χ2n) is 4.39. The molecule has 1 heterocycles. The van der Waals surface area contributed by atoms with Crippen molar-refractivity contribution in [3.05, 3.63) is 29.8 Å². The molecule has 1 saturated carbocycles. The van der Waals surface area contributed by atoms with Gasteiger partial charge in [-0.1, -0.05) is 12.8 Å². The Bertz CT molecular complexity index is 393. The van der Waals surface area contributed by atoms with Crippen LogP contribution in [0.5, 0.6) is 0 Å². The first-order valence-electron chi connectivity index (χ1n) is 5.85. The lowest BCUT2D eigenvalue weighted by Crippen LogP contribution is -2.49. The van der Waals surface area contributed by atoms with Gasteiger partial charge >= 0.3 is 0 Å². The highest BCUT2D eigenvalue weighted by molar-refractivity contribution is 5.92. The van der Waals surface area contributed by atoms with Gasteiger partial charge in [-0.05, 0) is 25.0 Å². The van der Waals surface area contributed by atoms with E-state index in [-0.39, 0.29) is 23.7 Å². The molecule has 2 rings (SSSR count). The number of hydrogen-bond donors (Lipinski definition) is 2. The maximum Gasteiger partial charge on any atom is 0.270 e. The molecule has 1 fully saturated rings. The average molecular weight is 237 g/mol. The Morgan fingerprint density at radius 3 is 2.82 bits per heavy atom. The van der Waals surface area contributed by atoms with Crippen molar-refractivity contribution in [1.82, 2.24) is 10.3 Å². The fraction of sp³-hybridized carbons (Fsp3) is 0.500. The summed E-state index contributed by atoms with van der Waals surface area (Å²) in [5.74, 6) is -0.733. The molecule has 17 heavy (non-hydrogen) atoms. The highest BCUT2D eigenvalue weighted by atomic mass is 19.1. The smallest absolute Gasteiger partial charge is 0.270 e. The van der Waals surface area contributed by atoms with Crippen molar-refractivity contribution in [1.29, 1.82) is 0 Å². The molecule has 0 radical (unpaired) electrons. The van der Waals surface area contributed by atoms with Gasteiger partial charge in [-0.25, -0.2) is 9.37 Å². The molecule has 0 aromatic carbocycles. The molecule has 5 heteroatoms. The van der Waals surface area contributed by atoms with Crippen molar-refractivity contribution in [2.45, 2.75) is 37.8 Å². The molecule has 1 aromatic heterocycles. The van der Waals surface area contributed by atoms with E-state index in [2.05, 4.69) is 10.3 Å². The summed E-state index contributed by atoms with van der Waals surface area (Å²) in [7, 11) is 0. The van der Waals surface area contributed by atoms with Crippen molar-refractivity contribution in [3.63, 3.8) is 0 Å². The van der Waals surface area contributed by atoms with E-state index in [1.807, 2.05) is 0 Å². The highest BCUT2D eigenvalue weighted by Crippen LogP contribution is 2.17. The first kappa shape index (κ1) is 12.0. The summed E-state index contributed by atoms with van der Waals surface area (Å²) in [4.78, 5) is 15.6. The van der Waals surface area contributed by atoms with E-state index < -0.39 is 5.82 Å². The van der Waals surface area contributed by atoms with Crippen LogP contribution in [0.15, 0.2) is 18.3 Å². The Hall–Kier alpha value is -1.49. The standard InChI is InChI=1S/C12H16FN3O/c13-8-5-6-11(15-7-8)12(17)16-10-4-2-1-3-9(10)14/h5-7,9-10H,1-4,14H2,(H,16,17). The topological polar surface area (TPSA) is 68.0 Å². The second-order valence-corrected chi connectivity index (χ2v) is 4.39. The number of pyridine rings is 1. The zero-order chi connectivity index (χ0) is 12.3. The van der Waals surface area contributed by atoms with Gasteiger partial charge in [0, 0.05) is 12.1 Å². The van der Waals surface area contributed by atoms with Gasteiger partial charge in [0.2, 0.25) is 0 Å². The van der Waals surface area contributed by atoms with Gasteiger partial charge in [0.15, 0.2) is 0 Å². The van der Waals surface area contributed by atoms with Crippen LogP contribution in [0.4, 0.5) is 4.39 Å². The van der Waals surface area contributed by atoms with E-state index in [1.54, 1.807) is 0 Å². The molecular weight excluding hydrogens is 221 g/mol. The molecular formula is C12H16FN3O. The van der Waals surface area contributed by atoms with Gasteiger partial charge in [0.1, 0.15) is 11.5 Å². The molecule has 3 N–H and O–H groups in total. The van der Waals surface area contributed by atoms with Gasteiger partial charge in [0.05, 0.1) is 6.20 Å². The quantitative estimate of drug-likeness (QED) is 0.812.